The zero-order valence-corrected chi connectivity index (χ0v) is 14.7. The largest absolute Gasteiger partial charge is 0.379 e. The maximum Gasteiger partial charge on any atom is 0.238 e. The van der Waals surface area contributed by atoms with Gasteiger partial charge in [0, 0.05) is 36.3 Å². The lowest BCUT2D eigenvalue weighted by molar-refractivity contribution is -0.118. The van der Waals surface area contributed by atoms with Gasteiger partial charge in [-0.2, -0.15) is 5.10 Å². The highest BCUT2D eigenvalue weighted by molar-refractivity contribution is 5.93. The van der Waals surface area contributed by atoms with E-state index in [0.29, 0.717) is 19.8 Å². The van der Waals surface area contributed by atoms with Crippen molar-refractivity contribution in [2.75, 3.05) is 38.2 Å². The second kappa shape index (κ2) is 7.98. The highest BCUT2D eigenvalue weighted by Gasteiger charge is 2.21. The molecule has 0 spiro atoms. The van der Waals surface area contributed by atoms with E-state index in [4.69, 9.17) is 4.74 Å². The topological polar surface area (TPSA) is 70.2 Å². The molecule has 130 valence electrons. The van der Waals surface area contributed by atoms with Crippen molar-refractivity contribution in [2.45, 2.75) is 6.42 Å². The van der Waals surface area contributed by atoms with Crippen molar-refractivity contribution in [1.82, 2.24) is 15.1 Å². The number of carbonyl (C=O) groups excluding carboxylic acids is 1. The Morgan fingerprint density at radius 2 is 2.04 bits per heavy atom. The lowest BCUT2D eigenvalue weighted by Crippen LogP contribution is -2.41. The van der Waals surface area contributed by atoms with Gasteiger partial charge in [-0.15, -0.1) is 24.8 Å². The highest BCUT2D eigenvalue weighted by Crippen LogP contribution is 2.36. The molecule has 1 fully saturated rings. The molecule has 0 radical (unpaired) electrons. The van der Waals surface area contributed by atoms with E-state index in [9.17, 15) is 4.79 Å². The Bertz CT molecular complexity index is 714. The number of amides is 1. The Kier molecular flexibility index (Phi) is 6.23. The summed E-state index contributed by atoms with van der Waals surface area (Å²) in [5, 5.41) is 10.1. The Labute approximate surface area is 152 Å². The van der Waals surface area contributed by atoms with Gasteiger partial charge in [-0.1, -0.05) is 6.07 Å². The number of halogens is 2. The average molecular weight is 371 g/mol. The number of aromatic amines is 1. The van der Waals surface area contributed by atoms with E-state index in [2.05, 4.69) is 26.5 Å². The van der Waals surface area contributed by atoms with Crippen molar-refractivity contribution < 1.29 is 9.53 Å². The van der Waals surface area contributed by atoms with Crippen LogP contribution in [0.4, 0.5) is 5.69 Å². The molecule has 6 nitrogen and oxygen atoms in total. The zero-order chi connectivity index (χ0) is 14.9. The number of nitrogens with one attached hydrogen (secondary N) is 2. The minimum Gasteiger partial charge on any atom is -0.379 e. The minimum atomic E-state index is 0. The molecule has 1 amide bonds. The second-order valence-electron chi connectivity index (χ2n) is 5.76. The molecule has 1 saturated heterocycles. The fourth-order valence-electron chi connectivity index (χ4n) is 3.11. The lowest BCUT2D eigenvalue weighted by atomic mass is 10.1. The van der Waals surface area contributed by atoms with Crippen molar-refractivity contribution >= 4 is 36.4 Å². The number of rotatable bonds is 3. The van der Waals surface area contributed by atoms with Gasteiger partial charge in [-0.25, -0.2) is 0 Å². The maximum absolute atomic E-state index is 12.1. The molecule has 1 aliphatic heterocycles. The first-order valence-electron chi connectivity index (χ1n) is 7.55. The van der Waals surface area contributed by atoms with Crippen molar-refractivity contribution in [2.24, 2.45) is 0 Å². The Morgan fingerprint density at radius 1 is 1.25 bits per heavy atom. The predicted octanol–water partition coefficient (Wildman–Crippen LogP) is 2.10. The van der Waals surface area contributed by atoms with E-state index in [0.717, 1.165) is 30.9 Å². The molecular weight excluding hydrogens is 351 g/mol. The number of anilines is 1. The number of benzene rings is 1. The number of ether oxygens (including phenoxy) is 1. The number of nitrogens with zero attached hydrogens (tertiary/aromatic N) is 2. The van der Waals surface area contributed by atoms with Crippen LogP contribution in [0.1, 0.15) is 11.1 Å². The van der Waals surface area contributed by atoms with E-state index in [1.54, 1.807) is 0 Å². The summed E-state index contributed by atoms with van der Waals surface area (Å²) in [5.41, 5.74) is 5.58. The van der Waals surface area contributed by atoms with Gasteiger partial charge in [0.25, 0.3) is 0 Å². The van der Waals surface area contributed by atoms with Crippen molar-refractivity contribution in [3.05, 3.63) is 35.5 Å². The van der Waals surface area contributed by atoms with Gasteiger partial charge in [0.1, 0.15) is 0 Å². The van der Waals surface area contributed by atoms with E-state index < -0.39 is 0 Å². The van der Waals surface area contributed by atoms with Gasteiger partial charge in [0.15, 0.2) is 0 Å². The summed E-state index contributed by atoms with van der Waals surface area (Å²) in [4.78, 5) is 14.3. The quantitative estimate of drug-likeness (QED) is 0.740. The number of morpholine rings is 1. The van der Waals surface area contributed by atoms with Gasteiger partial charge in [-0.05, 0) is 17.7 Å². The second-order valence-corrected chi connectivity index (χ2v) is 5.76. The molecule has 0 unspecified atom stereocenters. The zero-order valence-electron chi connectivity index (χ0n) is 13.1. The monoisotopic (exact) mass is 370 g/mol. The van der Waals surface area contributed by atoms with Gasteiger partial charge in [0.2, 0.25) is 5.91 Å². The van der Waals surface area contributed by atoms with Gasteiger partial charge in [0.05, 0.1) is 31.6 Å². The molecule has 8 heteroatoms. The van der Waals surface area contributed by atoms with E-state index in [1.165, 1.54) is 16.7 Å². The molecule has 0 saturated carbocycles. The molecule has 2 N–H and O–H groups in total. The Balaban J connectivity index is 0.00000104. The van der Waals surface area contributed by atoms with Gasteiger partial charge in [-0.3, -0.25) is 14.8 Å². The summed E-state index contributed by atoms with van der Waals surface area (Å²) in [5.74, 6) is 0.0278. The summed E-state index contributed by atoms with van der Waals surface area (Å²) in [6.45, 7) is 3.47. The van der Waals surface area contributed by atoms with Crippen molar-refractivity contribution in [3.8, 4) is 11.3 Å². The summed E-state index contributed by atoms with van der Waals surface area (Å²) in [6.07, 6.45) is 2.74. The maximum atomic E-state index is 12.1. The summed E-state index contributed by atoms with van der Waals surface area (Å²) >= 11 is 0. The lowest BCUT2D eigenvalue weighted by Gasteiger charge is -2.25. The third kappa shape index (κ3) is 3.72. The first kappa shape index (κ1) is 18.7. The van der Waals surface area contributed by atoms with Crippen LogP contribution in [-0.2, 0) is 16.0 Å². The number of hydrogen-bond donors (Lipinski definition) is 2. The molecule has 0 bridgehead atoms. The number of fused-ring (bicyclic) bond motifs is 3. The number of hydrogen-bond acceptors (Lipinski definition) is 4. The van der Waals surface area contributed by atoms with Crippen LogP contribution in [0.25, 0.3) is 11.3 Å². The first-order valence-corrected chi connectivity index (χ1v) is 7.55. The van der Waals surface area contributed by atoms with E-state index in [1.807, 2.05) is 18.3 Å². The fourth-order valence-corrected chi connectivity index (χ4v) is 3.11. The first-order chi connectivity index (χ1) is 10.8. The third-order valence-corrected chi connectivity index (χ3v) is 4.23. The molecule has 4 rings (SSSR count). The van der Waals surface area contributed by atoms with Crippen LogP contribution < -0.4 is 5.32 Å². The standard InChI is InChI=1S/C16H18N4O2.2ClH/c21-15(10-20-3-5-22-6-4-20)18-13-1-2-14-11(8-13)7-12-9-17-19-16(12)14;;/h1-2,8-9H,3-7,10H2,(H,17,19)(H,18,21);2*1H. The Morgan fingerprint density at radius 3 is 2.83 bits per heavy atom. The predicted molar refractivity (Wildman–Crippen MR) is 97.2 cm³/mol. The molecule has 0 atom stereocenters. The van der Waals surface area contributed by atoms with Crippen LogP contribution in [0, 0.1) is 0 Å². The molecule has 2 aliphatic rings. The van der Waals surface area contributed by atoms with Crippen molar-refractivity contribution in [3.63, 3.8) is 0 Å². The van der Waals surface area contributed by atoms with E-state index in [-0.39, 0.29) is 30.7 Å². The van der Waals surface area contributed by atoms with Crippen LogP contribution in [0.15, 0.2) is 24.4 Å². The smallest absolute Gasteiger partial charge is 0.238 e. The van der Waals surface area contributed by atoms with Crippen LogP contribution in [0.2, 0.25) is 0 Å². The summed E-state index contributed by atoms with van der Waals surface area (Å²) in [7, 11) is 0. The minimum absolute atomic E-state index is 0. The molecule has 2 aromatic rings. The number of carbonyl (C=O) groups is 1. The average Bonchev–Trinajstić information content (AvgIpc) is 3.08. The normalized spacial score (nSPS) is 15.7. The fraction of sp³-hybridized carbons (Fsp3) is 0.375. The van der Waals surface area contributed by atoms with Crippen LogP contribution >= 0.6 is 24.8 Å². The van der Waals surface area contributed by atoms with Crippen LogP contribution in [0.3, 0.4) is 0 Å². The molecule has 1 aromatic heterocycles. The number of aromatic nitrogens is 2. The molecular formula is C16H20Cl2N4O2. The summed E-state index contributed by atoms with van der Waals surface area (Å²) in [6, 6.07) is 6.05. The third-order valence-electron chi connectivity index (χ3n) is 4.23. The highest BCUT2D eigenvalue weighted by atomic mass is 35.5. The molecule has 2 heterocycles. The van der Waals surface area contributed by atoms with Crippen LogP contribution in [0.5, 0.6) is 0 Å². The van der Waals surface area contributed by atoms with Crippen molar-refractivity contribution in [1.29, 1.82) is 0 Å². The van der Waals surface area contributed by atoms with E-state index >= 15 is 0 Å². The molecule has 1 aliphatic carbocycles. The molecule has 1 aromatic carbocycles. The Hall–Kier alpha value is -1.60. The van der Waals surface area contributed by atoms with Crippen LogP contribution in [-0.4, -0.2) is 53.9 Å². The van der Waals surface area contributed by atoms with Gasteiger partial charge >= 0.3 is 0 Å². The SMILES string of the molecule is Cl.Cl.O=C(CN1CCOCC1)Nc1ccc2c(c1)Cc1cn[nH]c1-2. The number of H-pyrrole nitrogens is 1. The van der Waals surface area contributed by atoms with Gasteiger partial charge < -0.3 is 10.1 Å². The summed E-state index contributed by atoms with van der Waals surface area (Å²) < 4.78 is 5.29. The molecule has 24 heavy (non-hydrogen) atoms.